The van der Waals surface area contributed by atoms with E-state index in [2.05, 4.69) is 116 Å². The van der Waals surface area contributed by atoms with Crippen molar-refractivity contribution in [1.82, 2.24) is 19.1 Å². The molecule has 8 aromatic rings. The van der Waals surface area contributed by atoms with Gasteiger partial charge in [0.15, 0.2) is 0 Å². The van der Waals surface area contributed by atoms with E-state index in [0.717, 1.165) is 55.6 Å². The fourth-order valence-electron chi connectivity index (χ4n) is 7.28. The summed E-state index contributed by atoms with van der Waals surface area (Å²) in [7, 11) is 0. The van der Waals surface area contributed by atoms with E-state index in [0.29, 0.717) is 0 Å². The van der Waals surface area contributed by atoms with Crippen LogP contribution in [0.25, 0.3) is 66.0 Å². The highest BCUT2D eigenvalue weighted by molar-refractivity contribution is 6.21. The zero-order chi connectivity index (χ0) is 29.5. The molecule has 4 aromatic heterocycles. The Morgan fingerprint density at radius 3 is 2.18 bits per heavy atom. The van der Waals surface area contributed by atoms with Gasteiger partial charge in [0.2, 0.25) is 17.1 Å². The lowest BCUT2D eigenvalue weighted by molar-refractivity contribution is 0.669. The second-order valence-electron chi connectivity index (χ2n) is 11.7. The van der Waals surface area contributed by atoms with Crippen LogP contribution in [0.5, 0.6) is 0 Å². The topological polar surface area (TPSA) is 46.9 Å². The molecule has 1 aliphatic carbocycles. The highest BCUT2D eigenvalue weighted by Crippen LogP contribution is 2.46. The molecule has 0 amide bonds. The number of benzene rings is 4. The fraction of sp³-hybridized carbons (Fsp3) is 0.0250. The number of hydrogen-bond acceptors (Lipinski definition) is 3. The van der Waals surface area contributed by atoms with Crippen molar-refractivity contribution in [3.05, 3.63) is 146 Å². The van der Waals surface area contributed by atoms with Crippen molar-refractivity contribution in [2.45, 2.75) is 6.04 Å². The number of pyridine rings is 2. The quantitative estimate of drug-likeness (QED) is 0.196. The molecule has 0 saturated heterocycles. The zero-order valence-electron chi connectivity index (χ0n) is 24.1. The first kappa shape index (κ1) is 24.4. The third-order valence-electron chi connectivity index (χ3n) is 9.22. The highest BCUT2D eigenvalue weighted by Gasteiger charge is 2.38. The van der Waals surface area contributed by atoms with E-state index in [1.807, 2.05) is 49.1 Å². The molecule has 210 valence electrons. The van der Waals surface area contributed by atoms with Crippen molar-refractivity contribution >= 4 is 60.8 Å². The maximum absolute atomic E-state index is 6.35. The maximum atomic E-state index is 6.35. The zero-order valence-corrected chi connectivity index (χ0v) is 24.1. The number of rotatable bonds is 3. The van der Waals surface area contributed by atoms with Crippen LogP contribution in [0.15, 0.2) is 151 Å². The molecule has 2 aliphatic rings. The molecule has 1 aliphatic heterocycles. The predicted octanol–water partition coefficient (Wildman–Crippen LogP) is 9.77. The lowest BCUT2D eigenvalue weighted by atomic mass is 9.97. The Morgan fingerprint density at radius 1 is 0.622 bits per heavy atom. The second kappa shape index (κ2) is 9.21. The second-order valence-corrected chi connectivity index (χ2v) is 11.7. The van der Waals surface area contributed by atoms with Crippen molar-refractivity contribution in [1.29, 1.82) is 0 Å². The largest absolute Gasteiger partial charge is 0.456 e. The third-order valence-corrected chi connectivity index (χ3v) is 9.22. The molecule has 0 spiro atoms. The van der Waals surface area contributed by atoms with Gasteiger partial charge in [-0.1, -0.05) is 60.7 Å². The van der Waals surface area contributed by atoms with Gasteiger partial charge in [-0.05, 0) is 47.5 Å². The van der Waals surface area contributed by atoms with Gasteiger partial charge in [-0.15, -0.1) is 0 Å². The lowest BCUT2D eigenvalue weighted by Crippen LogP contribution is -2.30. The Kier molecular flexibility index (Phi) is 4.99. The summed E-state index contributed by atoms with van der Waals surface area (Å²) in [6.07, 6.45) is 16.4. The first-order valence-corrected chi connectivity index (χ1v) is 15.2. The van der Waals surface area contributed by atoms with Crippen molar-refractivity contribution in [2.75, 3.05) is 0 Å². The SMILES string of the molecule is C1=CC2=[N+](c3cc(-c4cccnc4)cc(-c4cccnc4)c3)c3cccc4c5cc6oc7ccccc7c6cc5n(c34)C2C=C1. The average Bonchev–Trinajstić information content (AvgIpc) is 3.64. The number of furan rings is 1. The summed E-state index contributed by atoms with van der Waals surface area (Å²) >= 11 is 0. The summed E-state index contributed by atoms with van der Waals surface area (Å²) in [6, 6.07) is 34.5. The van der Waals surface area contributed by atoms with E-state index >= 15 is 0 Å². The molecule has 1 atom stereocenters. The van der Waals surface area contributed by atoms with Gasteiger partial charge in [0, 0.05) is 81.7 Å². The summed E-state index contributed by atoms with van der Waals surface area (Å²) in [5.74, 6) is 0. The third kappa shape index (κ3) is 3.52. The van der Waals surface area contributed by atoms with Crippen molar-refractivity contribution in [2.24, 2.45) is 0 Å². The normalized spacial score (nSPS) is 15.5. The Labute approximate surface area is 258 Å². The van der Waals surface area contributed by atoms with Crippen molar-refractivity contribution in [3.63, 3.8) is 0 Å². The molecule has 45 heavy (non-hydrogen) atoms. The minimum absolute atomic E-state index is 0.0180. The van der Waals surface area contributed by atoms with Gasteiger partial charge in [-0.2, -0.15) is 4.58 Å². The molecule has 4 aromatic carbocycles. The Bertz CT molecular complexity index is 2530. The molecule has 0 N–H and O–H groups in total. The monoisotopic (exact) mass is 577 g/mol. The van der Waals surface area contributed by atoms with E-state index in [1.54, 1.807) is 0 Å². The number of aromatic nitrogens is 3. The van der Waals surface area contributed by atoms with Crippen LogP contribution in [0.1, 0.15) is 6.04 Å². The standard InChI is InChI=1S/C40H25N4O/c1-4-15-38-30(10-1)33-21-37-32(22-39(33)45-38)31-11-5-14-36-40(31)44(37)35-13-3-2-12-34(35)43(36)29-19-27(25-8-6-16-41-23-25)18-28(20-29)26-9-7-17-42-24-26/h1-24,35H/q+1. The van der Waals surface area contributed by atoms with Crippen LogP contribution in [0.2, 0.25) is 0 Å². The first-order chi connectivity index (χ1) is 22.3. The Morgan fingerprint density at radius 2 is 1.40 bits per heavy atom. The number of para-hydroxylation sites is 2. The van der Waals surface area contributed by atoms with Crippen LogP contribution < -0.4 is 4.58 Å². The van der Waals surface area contributed by atoms with Gasteiger partial charge in [0.05, 0.1) is 5.52 Å². The van der Waals surface area contributed by atoms with Gasteiger partial charge in [0.1, 0.15) is 22.7 Å². The van der Waals surface area contributed by atoms with E-state index in [9.17, 15) is 0 Å². The summed E-state index contributed by atoms with van der Waals surface area (Å²) in [4.78, 5) is 8.86. The Balaban J connectivity index is 1.29. The van der Waals surface area contributed by atoms with Gasteiger partial charge >= 0.3 is 0 Å². The van der Waals surface area contributed by atoms with Crippen LogP contribution in [0.3, 0.4) is 0 Å². The van der Waals surface area contributed by atoms with Gasteiger partial charge in [0.25, 0.3) is 0 Å². The highest BCUT2D eigenvalue weighted by atomic mass is 16.3. The van der Waals surface area contributed by atoms with Crippen LogP contribution in [-0.2, 0) is 0 Å². The molecular formula is C40H25N4O+. The van der Waals surface area contributed by atoms with E-state index in [4.69, 9.17) is 4.42 Å². The molecule has 0 radical (unpaired) electrons. The smallest absolute Gasteiger partial charge is 0.235 e. The molecule has 10 rings (SSSR count). The van der Waals surface area contributed by atoms with Crippen LogP contribution in [0.4, 0.5) is 11.4 Å². The van der Waals surface area contributed by atoms with Crippen LogP contribution in [-0.4, -0.2) is 20.2 Å². The minimum atomic E-state index is 0.0180. The van der Waals surface area contributed by atoms with Crippen molar-refractivity contribution < 1.29 is 4.42 Å². The van der Waals surface area contributed by atoms with Gasteiger partial charge in [-0.25, -0.2) is 0 Å². The lowest BCUT2D eigenvalue weighted by Gasteiger charge is -2.25. The number of fused-ring (bicyclic) bond motifs is 8. The summed E-state index contributed by atoms with van der Waals surface area (Å²) < 4.78 is 11.3. The summed E-state index contributed by atoms with van der Waals surface area (Å²) in [5.41, 5.74) is 12.1. The minimum Gasteiger partial charge on any atom is -0.456 e. The maximum Gasteiger partial charge on any atom is 0.235 e. The fourth-order valence-corrected chi connectivity index (χ4v) is 7.28. The number of allylic oxidation sites excluding steroid dienone is 4. The molecular weight excluding hydrogens is 552 g/mol. The number of nitrogens with zero attached hydrogens (tertiary/aromatic N) is 4. The van der Waals surface area contributed by atoms with Gasteiger partial charge in [-0.3, -0.25) is 9.97 Å². The van der Waals surface area contributed by atoms with Crippen molar-refractivity contribution in [3.8, 4) is 22.3 Å². The van der Waals surface area contributed by atoms with E-state index in [-0.39, 0.29) is 6.04 Å². The van der Waals surface area contributed by atoms with E-state index < -0.39 is 0 Å². The number of hydrogen-bond donors (Lipinski definition) is 0. The van der Waals surface area contributed by atoms with Crippen LogP contribution in [0, 0.1) is 0 Å². The van der Waals surface area contributed by atoms with Gasteiger partial charge < -0.3 is 8.98 Å². The van der Waals surface area contributed by atoms with Crippen LogP contribution >= 0.6 is 0 Å². The molecule has 5 nitrogen and oxygen atoms in total. The summed E-state index contributed by atoms with van der Waals surface area (Å²) in [5, 5.41) is 4.70. The molecule has 0 saturated carbocycles. The predicted molar refractivity (Wildman–Crippen MR) is 183 cm³/mol. The average molecular weight is 578 g/mol. The first-order valence-electron chi connectivity index (χ1n) is 15.2. The molecule has 1 unspecified atom stereocenters. The van der Waals surface area contributed by atoms with E-state index in [1.165, 1.54) is 27.5 Å². The Hall–Kier alpha value is -6.07. The summed E-state index contributed by atoms with van der Waals surface area (Å²) in [6.45, 7) is 0. The molecule has 0 bridgehead atoms. The molecule has 5 heteroatoms. The molecule has 0 fully saturated rings. The molecule has 5 heterocycles.